The summed E-state index contributed by atoms with van der Waals surface area (Å²) in [5.74, 6) is -0.735. The number of hydrogen-bond donors (Lipinski definition) is 1. The summed E-state index contributed by atoms with van der Waals surface area (Å²) < 4.78 is 19.6. The molecule has 2 aromatic rings. The van der Waals surface area contributed by atoms with E-state index in [9.17, 15) is 14.0 Å². The molecule has 32 heavy (non-hydrogen) atoms. The number of piperidine rings is 1. The number of rotatable bonds is 8. The van der Waals surface area contributed by atoms with E-state index < -0.39 is 12.0 Å². The first-order valence-electron chi connectivity index (χ1n) is 10.9. The van der Waals surface area contributed by atoms with E-state index in [4.69, 9.17) is 17.4 Å². The first-order chi connectivity index (χ1) is 15.5. The van der Waals surface area contributed by atoms with Crippen molar-refractivity contribution in [3.63, 3.8) is 0 Å². The van der Waals surface area contributed by atoms with Crippen molar-refractivity contribution in [2.45, 2.75) is 44.0 Å². The molecule has 1 aliphatic heterocycles. The number of carbonyl (C=O) groups excluding carboxylic acids is 2. The van der Waals surface area contributed by atoms with E-state index in [1.807, 2.05) is 6.08 Å². The van der Waals surface area contributed by atoms with Crippen LogP contribution in [0.5, 0.6) is 0 Å². The normalized spacial score (nSPS) is 21.5. The molecule has 2 heterocycles. The predicted octanol–water partition coefficient (Wildman–Crippen LogP) is 3.24. The monoisotopic (exact) mass is 458 g/mol. The first-order valence-corrected chi connectivity index (χ1v) is 11.5. The lowest BCUT2D eigenvalue weighted by molar-refractivity contribution is -0.126. The van der Waals surface area contributed by atoms with Crippen LogP contribution in [0.25, 0.3) is 0 Å². The number of benzene rings is 1. The molecule has 0 N–H and O–H groups in total. The van der Waals surface area contributed by atoms with Gasteiger partial charge in [0.25, 0.3) is 0 Å². The van der Waals surface area contributed by atoms with E-state index in [0.29, 0.717) is 25.2 Å². The number of thiol groups is 1. The van der Waals surface area contributed by atoms with Gasteiger partial charge in [0.1, 0.15) is 5.82 Å². The minimum absolute atomic E-state index is 0.0235. The number of hydrogen-bond acceptors (Lipinski definition) is 7. The number of nitrogens with zero attached hydrogens (tertiary/aromatic N) is 4. The van der Waals surface area contributed by atoms with Crippen molar-refractivity contribution < 1.29 is 18.7 Å². The zero-order valence-corrected chi connectivity index (χ0v) is 18.9. The molecule has 1 saturated heterocycles. The number of halogens is 1. The van der Waals surface area contributed by atoms with Crippen molar-refractivity contribution in [2.75, 3.05) is 19.7 Å². The lowest BCUT2D eigenvalue weighted by Crippen LogP contribution is -2.42. The van der Waals surface area contributed by atoms with Crippen molar-refractivity contribution in [3.8, 4) is 0 Å². The molecule has 0 bridgehead atoms. The van der Waals surface area contributed by atoms with Gasteiger partial charge < -0.3 is 4.74 Å². The highest BCUT2D eigenvalue weighted by atomic mass is 32.1. The van der Waals surface area contributed by atoms with Crippen LogP contribution in [-0.2, 0) is 16.1 Å². The first kappa shape index (κ1) is 22.7. The molecule has 1 saturated carbocycles. The number of carbonyl (C=O) groups is 2. The van der Waals surface area contributed by atoms with Gasteiger partial charge in [-0.25, -0.2) is 9.18 Å². The van der Waals surface area contributed by atoms with E-state index in [1.165, 1.54) is 17.1 Å². The van der Waals surface area contributed by atoms with Gasteiger partial charge in [-0.2, -0.15) is 22.5 Å². The Hall–Kier alpha value is -2.52. The van der Waals surface area contributed by atoms with Crippen LogP contribution in [0.1, 0.15) is 48.3 Å². The van der Waals surface area contributed by atoms with Crippen LogP contribution in [0, 0.1) is 11.7 Å². The second kappa shape index (κ2) is 9.95. The van der Waals surface area contributed by atoms with Crippen LogP contribution in [0.15, 0.2) is 42.1 Å². The minimum atomic E-state index is -0.592. The molecule has 2 fully saturated rings. The summed E-state index contributed by atoms with van der Waals surface area (Å²) in [6.07, 6.45) is 5.86. The lowest BCUT2D eigenvalue weighted by atomic mass is 9.93. The number of allylic oxidation sites excluding steroid dienone is 1. The summed E-state index contributed by atoms with van der Waals surface area (Å²) in [4.78, 5) is 28.4. The molecule has 4 rings (SSSR count). The van der Waals surface area contributed by atoms with Gasteiger partial charge in [-0.15, -0.1) is 5.10 Å². The van der Waals surface area contributed by atoms with Crippen LogP contribution in [0.4, 0.5) is 4.39 Å². The number of likely N-dealkylation sites (tertiary alicyclic amines) is 1. The van der Waals surface area contributed by atoms with Gasteiger partial charge in [0, 0.05) is 29.8 Å². The Morgan fingerprint density at radius 1 is 1.31 bits per heavy atom. The third-order valence-electron chi connectivity index (χ3n) is 5.86. The molecule has 0 amide bonds. The van der Waals surface area contributed by atoms with Gasteiger partial charge in [0.15, 0.2) is 11.5 Å². The molecule has 0 spiro atoms. The summed E-state index contributed by atoms with van der Waals surface area (Å²) in [6, 6.07) is 5.95. The number of aromatic nitrogens is 3. The Kier molecular flexibility index (Phi) is 7.05. The van der Waals surface area contributed by atoms with Gasteiger partial charge in [-0.05, 0) is 37.8 Å². The topological polar surface area (TPSA) is 77.3 Å². The van der Waals surface area contributed by atoms with Crippen LogP contribution < -0.4 is 0 Å². The quantitative estimate of drug-likeness (QED) is 0.372. The lowest BCUT2D eigenvalue weighted by Gasteiger charge is -2.37. The largest absolute Gasteiger partial charge is 0.461 e. The number of Topliss-reactive ketones (excluding diaryl/α,β-unsaturated/α-hetero) is 1. The second-order valence-corrected chi connectivity index (χ2v) is 8.78. The van der Waals surface area contributed by atoms with E-state index in [0.717, 1.165) is 24.8 Å². The van der Waals surface area contributed by atoms with Crippen LogP contribution >= 0.6 is 12.6 Å². The zero-order chi connectivity index (χ0) is 22.7. The molecule has 9 heteroatoms. The summed E-state index contributed by atoms with van der Waals surface area (Å²) in [6.45, 7) is 3.54. The SMILES string of the molecule is CCOC(=O)c1cnn(CC=C2CN(C(C(=O)C3CC3)c3ccccc3F)CCC2S)n1. The van der Waals surface area contributed by atoms with Crippen molar-refractivity contribution >= 4 is 24.4 Å². The fourth-order valence-corrected chi connectivity index (χ4v) is 4.32. The number of ketones is 1. The van der Waals surface area contributed by atoms with Gasteiger partial charge in [0.2, 0.25) is 0 Å². The summed E-state index contributed by atoms with van der Waals surface area (Å²) in [5, 5.41) is 8.31. The molecular weight excluding hydrogens is 431 g/mol. The van der Waals surface area contributed by atoms with Crippen molar-refractivity contribution in [3.05, 3.63) is 59.2 Å². The highest BCUT2D eigenvalue weighted by molar-refractivity contribution is 7.81. The molecule has 7 nitrogen and oxygen atoms in total. The third-order valence-corrected chi connectivity index (χ3v) is 6.45. The van der Waals surface area contributed by atoms with Crippen LogP contribution in [-0.4, -0.2) is 56.6 Å². The van der Waals surface area contributed by atoms with E-state index in [-0.39, 0.29) is 35.1 Å². The van der Waals surface area contributed by atoms with Crippen molar-refractivity contribution in [1.29, 1.82) is 0 Å². The minimum Gasteiger partial charge on any atom is -0.461 e. The van der Waals surface area contributed by atoms with Gasteiger partial charge in [-0.1, -0.05) is 24.3 Å². The fourth-order valence-electron chi connectivity index (χ4n) is 4.01. The molecule has 0 radical (unpaired) electrons. The Bertz CT molecular complexity index is 1020. The third kappa shape index (κ3) is 5.10. The summed E-state index contributed by atoms with van der Waals surface area (Å²) >= 11 is 4.71. The predicted molar refractivity (Wildman–Crippen MR) is 120 cm³/mol. The maximum atomic E-state index is 14.6. The average molecular weight is 459 g/mol. The van der Waals surface area contributed by atoms with Crippen molar-refractivity contribution in [1.82, 2.24) is 19.9 Å². The van der Waals surface area contributed by atoms with Crippen LogP contribution in [0.2, 0.25) is 0 Å². The van der Waals surface area contributed by atoms with Crippen molar-refractivity contribution in [2.24, 2.45) is 5.92 Å². The second-order valence-electron chi connectivity index (χ2n) is 8.16. The summed E-state index contributed by atoms with van der Waals surface area (Å²) in [5.41, 5.74) is 1.63. The Morgan fingerprint density at radius 2 is 2.09 bits per heavy atom. The molecule has 1 aromatic carbocycles. The maximum Gasteiger partial charge on any atom is 0.360 e. The summed E-state index contributed by atoms with van der Waals surface area (Å²) in [7, 11) is 0. The molecule has 1 aliphatic carbocycles. The van der Waals surface area contributed by atoms with Crippen LogP contribution in [0.3, 0.4) is 0 Å². The molecule has 170 valence electrons. The van der Waals surface area contributed by atoms with Gasteiger partial charge >= 0.3 is 5.97 Å². The molecule has 2 aliphatic rings. The highest BCUT2D eigenvalue weighted by Crippen LogP contribution is 2.39. The molecule has 2 atom stereocenters. The Morgan fingerprint density at radius 3 is 2.81 bits per heavy atom. The Balaban J connectivity index is 1.52. The van der Waals surface area contributed by atoms with Gasteiger partial charge in [-0.3, -0.25) is 9.69 Å². The maximum absolute atomic E-state index is 14.6. The van der Waals surface area contributed by atoms with E-state index >= 15 is 0 Å². The number of esters is 1. The zero-order valence-electron chi connectivity index (χ0n) is 18.0. The van der Waals surface area contributed by atoms with Gasteiger partial charge in [0.05, 0.1) is 25.4 Å². The average Bonchev–Trinajstić information content (AvgIpc) is 3.53. The highest BCUT2D eigenvalue weighted by Gasteiger charge is 2.40. The molecular formula is C23H27FN4O3S. The molecule has 1 aromatic heterocycles. The van der Waals surface area contributed by atoms with E-state index in [1.54, 1.807) is 25.1 Å². The van der Waals surface area contributed by atoms with E-state index in [2.05, 4.69) is 15.1 Å². The smallest absolute Gasteiger partial charge is 0.360 e. The number of ether oxygens (including phenoxy) is 1. The molecule has 2 unspecified atom stereocenters. The fraction of sp³-hybridized carbons (Fsp3) is 0.478. The Labute approximate surface area is 192 Å². The standard InChI is InChI=1S/C23H27FN4O3S/c1-2-31-23(30)19-13-25-28(26-19)12-9-16-14-27(11-10-20(16)32)21(22(29)15-7-8-15)17-5-3-4-6-18(17)24/h3-6,9,13,15,20-21,32H,2,7-8,10-12,14H2,1H3.